The SMILES string of the molecule is Cc1ccc(NC(=O)c2c(Cl)cccc2[N+](=O)[O-])c(F)c1. The molecule has 21 heavy (non-hydrogen) atoms. The van der Waals surface area contributed by atoms with Crippen LogP contribution in [0.25, 0.3) is 0 Å². The van der Waals surface area contributed by atoms with Crippen LogP contribution < -0.4 is 5.32 Å². The number of nitro benzene ring substituents is 1. The van der Waals surface area contributed by atoms with Crippen molar-refractivity contribution in [1.82, 2.24) is 0 Å². The predicted molar refractivity (Wildman–Crippen MR) is 77.2 cm³/mol. The largest absolute Gasteiger partial charge is 0.319 e. The van der Waals surface area contributed by atoms with Crippen molar-refractivity contribution in [3.63, 3.8) is 0 Å². The molecule has 0 fully saturated rings. The molecular weight excluding hydrogens is 299 g/mol. The highest BCUT2D eigenvalue weighted by Gasteiger charge is 2.23. The number of hydrogen-bond acceptors (Lipinski definition) is 3. The van der Waals surface area contributed by atoms with Gasteiger partial charge in [-0.15, -0.1) is 0 Å². The van der Waals surface area contributed by atoms with E-state index in [0.29, 0.717) is 5.56 Å². The first-order valence-corrected chi connectivity index (χ1v) is 6.28. The predicted octanol–water partition coefficient (Wildman–Crippen LogP) is 3.95. The average molecular weight is 309 g/mol. The molecule has 0 heterocycles. The zero-order chi connectivity index (χ0) is 15.6. The van der Waals surface area contributed by atoms with E-state index in [1.165, 1.54) is 24.3 Å². The van der Waals surface area contributed by atoms with Gasteiger partial charge in [0.05, 0.1) is 15.6 Å². The Hall–Kier alpha value is -2.47. The van der Waals surface area contributed by atoms with Gasteiger partial charge in [0.15, 0.2) is 0 Å². The summed E-state index contributed by atoms with van der Waals surface area (Å²) in [4.78, 5) is 22.3. The molecule has 0 aromatic heterocycles. The Balaban J connectivity index is 2.39. The monoisotopic (exact) mass is 308 g/mol. The van der Waals surface area contributed by atoms with Crippen LogP contribution in [0.3, 0.4) is 0 Å². The molecule has 0 aliphatic rings. The quantitative estimate of drug-likeness (QED) is 0.689. The van der Waals surface area contributed by atoms with Crippen LogP contribution >= 0.6 is 11.6 Å². The molecule has 2 rings (SSSR count). The Morgan fingerprint density at radius 2 is 2.05 bits per heavy atom. The van der Waals surface area contributed by atoms with Crippen molar-refractivity contribution < 1.29 is 14.1 Å². The van der Waals surface area contributed by atoms with E-state index in [1.54, 1.807) is 13.0 Å². The highest BCUT2D eigenvalue weighted by Crippen LogP contribution is 2.27. The maximum atomic E-state index is 13.7. The second-order valence-electron chi connectivity index (χ2n) is 4.33. The fourth-order valence-electron chi connectivity index (χ4n) is 1.80. The van der Waals surface area contributed by atoms with Crippen molar-refractivity contribution in [3.05, 3.63) is 68.5 Å². The number of carbonyl (C=O) groups excluding carboxylic acids is 1. The summed E-state index contributed by atoms with van der Waals surface area (Å²) in [7, 11) is 0. The molecule has 0 aliphatic carbocycles. The number of nitro groups is 1. The van der Waals surface area contributed by atoms with Crippen LogP contribution in [-0.4, -0.2) is 10.8 Å². The van der Waals surface area contributed by atoms with Gasteiger partial charge in [-0.1, -0.05) is 23.7 Å². The molecule has 7 heteroatoms. The van der Waals surface area contributed by atoms with Crippen LogP contribution in [0, 0.1) is 22.9 Å². The highest BCUT2D eigenvalue weighted by atomic mass is 35.5. The highest BCUT2D eigenvalue weighted by molar-refractivity contribution is 6.35. The maximum Gasteiger partial charge on any atom is 0.283 e. The number of nitrogens with one attached hydrogen (secondary N) is 1. The van der Waals surface area contributed by atoms with Gasteiger partial charge in [-0.2, -0.15) is 0 Å². The molecule has 0 saturated carbocycles. The minimum absolute atomic E-state index is 0.0696. The fourth-order valence-corrected chi connectivity index (χ4v) is 2.05. The standard InChI is InChI=1S/C14H10ClFN2O3/c1-8-5-6-11(10(16)7-8)17-14(19)13-9(15)3-2-4-12(13)18(20)21/h2-7H,1H3,(H,17,19). The maximum absolute atomic E-state index is 13.7. The van der Waals surface area contributed by atoms with Crippen molar-refractivity contribution in [2.24, 2.45) is 0 Å². The van der Waals surface area contributed by atoms with E-state index in [9.17, 15) is 19.3 Å². The Morgan fingerprint density at radius 1 is 1.33 bits per heavy atom. The summed E-state index contributed by atoms with van der Waals surface area (Å²) in [5.41, 5.74) is -0.120. The zero-order valence-electron chi connectivity index (χ0n) is 10.9. The van der Waals surface area contributed by atoms with Gasteiger partial charge in [0.1, 0.15) is 11.4 Å². The molecule has 0 atom stereocenters. The number of aryl methyl sites for hydroxylation is 1. The number of anilines is 1. The Morgan fingerprint density at radius 3 is 2.67 bits per heavy atom. The smallest absolute Gasteiger partial charge is 0.283 e. The summed E-state index contributed by atoms with van der Waals surface area (Å²) in [6.07, 6.45) is 0. The molecular formula is C14H10ClFN2O3. The van der Waals surface area contributed by atoms with Crippen LogP contribution in [0.2, 0.25) is 5.02 Å². The number of rotatable bonds is 3. The summed E-state index contributed by atoms with van der Waals surface area (Å²) < 4.78 is 13.7. The Bertz CT molecular complexity index is 734. The third-order valence-corrected chi connectivity index (χ3v) is 3.10. The molecule has 2 aromatic carbocycles. The molecule has 0 radical (unpaired) electrons. The van der Waals surface area contributed by atoms with Crippen LogP contribution in [-0.2, 0) is 0 Å². The first kappa shape index (κ1) is 14.9. The van der Waals surface area contributed by atoms with E-state index in [-0.39, 0.29) is 16.3 Å². The van der Waals surface area contributed by atoms with Crippen molar-refractivity contribution in [1.29, 1.82) is 0 Å². The minimum Gasteiger partial charge on any atom is -0.319 e. The lowest BCUT2D eigenvalue weighted by Gasteiger charge is -2.08. The summed E-state index contributed by atoms with van der Waals surface area (Å²) in [5.74, 6) is -1.46. The minimum atomic E-state index is -0.838. The summed E-state index contributed by atoms with van der Waals surface area (Å²) >= 11 is 5.84. The van der Waals surface area contributed by atoms with E-state index in [0.717, 1.165) is 6.07 Å². The van der Waals surface area contributed by atoms with Gasteiger partial charge in [-0.05, 0) is 30.7 Å². The Kier molecular flexibility index (Phi) is 4.18. The lowest BCUT2D eigenvalue weighted by molar-refractivity contribution is -0.385. The van der Waals surface area contributed by atoms with E-state index in [4.69, 9.17) is 11.6 Å². The van der Waals surface area contributed by atoms with Crippen molar-refractivity contribution >= 4 is 28.9 Å². The third-order valence-electron chi connectivity index (χ3n) is 2.79. The fraction of sp³-hybridized carbons (Fsp3) is 0.0714. The second kappa shape index (κ2) is 5.88. The summed E-state index contributed by atoms with van der Waals surface area (Å²) in [5, 5.41) is 13.1. The molecule has 2 aromatic rings. The van der Waals surface area contributed by atoms with Crippen LogP contribution in [0.15, 0.2) is 36.4 Å². The van der Waals surface area contributed by atoms with E-state index >= 15 is 0 Å². The number of carbonyl (C=O) groups is 1. The van der Waals surface area contributed by atoms with Crippen LogP contribution in [0.5, 0.6) is 0 Å². The molecule has 0 saturated heterocycles. The lowest BCUT2D eigenvalue weighted by atomic mass is 10.1. The van der Waals surface area contributed by atoms with E-state index in [2.05, 4.69) is 5.32 Å². The van der Waals surface area contributed by atoms with Crippen molar-refractivity contribution in [3.8, 4) is 0 Å². The van der Waals surface area contributed by atoms with E-state index in [1.807, 2.05) is 0 Å². The van der Waals surface area contributed by atoms with Gasteiger partial charge >= 0.3 is 0 Å². The van der Waals surface area contributed by atoms with Gasteiger partial charge < -0.3 is 5.32 Å². The Labute approximate surface area is 124 Å². The number of benzene rings is 2. The van der Waals surface area contributed by atoms with Gasteiger partial charge in [-0.25, -0.2) is 4.39 Å². The average Bonchev–Trinajstić information content (AvgIpc) is 2.41. The molecule has 1 N–H and O–H groups in total. The second-order valence-corrected chi connectivity index (χ2v) is 4.74. The zero-order valence-corrected chi connectivity index (χ0v) is 11.6. The summed E-state index contributed by atoms with van der Waals surface area (Å²) in [6, 6.07) is 8.12. The molecule has 0 unspecified atom stereocenters. The first-order chi connectivity index (χ1) is 9.90. The molecule has 0 bridgehead atoms. The number of amides is 1. The number of halogens is 2. The molecule has 0 aliphatic heterocycles. The van der Waals surface area contributed by atoms with E-state index < -0.39 is 22.3 Å². The van der Waals surface area contributed by atoms with Crippen molar-refractivity contribution in [2.45, 2.75) is 6.92 Å². The topological polar surface area (TPSA) is 72.2 Å². The number of nitrogens with zero attached hydrogens (tertiary/aromatic N) is 1. The summed E-state index contributed by atoms with van der Waals surface area (Å²) in [6.45, 7) is 1.70. The van der Waals surface area contributed by atoms with Gasteiger partial charge in [-0.3, -0.25) is 14.9 Å². The molecule has 1 amide bonds. The van der Waals surface area contributed by atoms with Crippen LogP contribution in [0.1, 0.15) is 15.9 Å². The lowest BCUT2D eigenvalue weighted by Crippen LogP contribution is -2.15. The molecule has 5 nitrogen and oxygen atoms in total. The third kappa shape index (κ3) is 3.17. The molecule has 108 valence electrons. The van der Waals surface area contributed by atoms with Gasteiger partial charge in [0.2, 0.25) is 0 Å². The first-order valence-electron chi connectivity index (χ1n) is 5.90. The van der Waals surface area contributed by atoms with Gasteiger partial charge in [0, 0.05) is 6.07 Å². The normalized spacial score (nSPS) is 10.2. The van der Waals surface area contributed by atoms with Gasteiger partial charge in [0.25, 0.3) is 11.6 Å². The molecule has 0 spiro atoms. The van der Waals surface area contributed by atoms with Crippen molar-refractivity contribution in [2.75, 3.05) is 5.32 Å². The van der Waals surface area contributed by atoms with Crippen LogP contribution in [0.4, 0.5) is 15.8 Å². The number of hydrogen-bond donors (Lipinski definition) is 1.